The first-order chi connectivity index (χ1) is 14.5. The monoisotopic (exact) mass is 448 g/mol. The number of benzene rings is 2. The molecule has 0 spiro atoms. The van der Waals surface area contributed by atoms with E-state index in [0.29, 0.717) is 33.5 Å². The molecular formula is C23H26ClFN2O2S. The van der Waals surface area contributed by atoms with Gasteiger partial charge in [0.25, 0.3) is 0 Å². The lowest BCUT2D eigenvalue weighted by molar-refractivity contribution is 0.302. The molecule has 0 amide bonds. The lowest BCUT2D eigenvalue weighted by Crippen LogP contribution is -2.00. The molecule has 1 aromatic heterocycles. The van der Waals surface area contributed by atoms with Crippen LogP contribution in [0.25, 0.3) is 11.1 Å². The average molecular weight is 449 g/mol. The quantitative estimate of drug-likeness (QED) is 0.430. The van der Waals surface area contributed by atoms with Gasteiger partial charge in [0, 0.05) is 17.0 Å². The van der Waals surface area contributed by atoms with E-state index in [9.17, 15) is 4.39 Å². The highest BCUT2D eigenvalue weighted by Crippen LogP contribution is 2.38. The topological polar surface area (TPSA) is 61.3 Å². The number of oxazole rings is 1. The molecule has 1 aliphatic carbocycles. The number of aromatic nitrogens is 1. The number of rotatable bonds is 5. The molecule has 0 bridgehead atoms. The molecule has 7 heteroatoms. The first-order valence-electron chi connectivity index (χ1n) is 9.88. The van der Waals surface area contributed by atoms with Gasteiger partial charge in [0.2, 0.25) is 0 Å². The minimum Gasteiger partial charge on any atom is -0.485 e. The van der Waals surface area contributed by atoms with Crippen LogP contribution in [-0.2, 0) is 6.61 Å². The molecule has 4 rings (SSSR count). The van der Waals surface area contributed by atoms with Crippen LogP contribution in [0, 0.1) is 12.7 Å². The third kappa shape index (κ3) is 5.56. The summed E-state index contributed by atoms with van der Waals surface area (Å²) in [6.45, 7) is 2.15. The molecule has 1 fully saturated rings. The van der Waals surface area contributed by atoms with Crippen LogP contribution in [0.2, 0.25) is 5.02 Å². The molecule has 160 valence electrons. The van der Waals surface area contributed by atoms with E-state index in [0.717, 1.165) is 24.3 Å². The minimum atomic E-state index is -0.308. The highest BCUT2D eigenvalue weighted by atomic mass is 35.5. The van der Waals surface area contributed by atoms with Crippen molar-refractivity contribution < 1.29 is 13.5 Å². The number of hydrogen-bond acceptors (Lipinski definition) is 5. The van der Waals surface area contributed by atoms with Crippen molar-refractivity contribution in [1.82, 2.24) is 4.98 Å². The maximum Gasteiger partial charge on any atom is 0.197 e. The third-order valence-electron chi connectivity index (χ3n) is 5.02. The van der Waals surface area contributed by atoms with Gasteiger partial charge in [-0.05, 0) is 44.2 Å². The second kappa shape index (κ2) is 10.8. The summed E-state index contributed by atoms with van der Waals surface area (Å²) in [4.78, 5) is 4.56. The summed E-state index contributed by atoms with van der Waals surface area (Å²) < 4.78 is 26.0. The number of aryl methyl sites for hydroxylation is 1. The molecule has 1 heterocycles. The number of ether oxygens (including phenoxy) is 1. The molecule has 4 nitrogen and oxygen atoms in total. The van der Waals surface area contributed by atoms with Gasteiger partial charge in [-0.1, -0.05) is 60.2 Å². The predicted octanol–water partition coefficient (Wildman–Crippen LogP) is 6.90. The van der Waals surface area contributed by atoms with Crippen LogP contribution in [0.4, 0.5) is 4.39 Å². The molecule has 0 atom stereocenters. The number of nitrogens with two attached hydrogens (primary N) is 1. The van der Waals surface area contributed by atoms with Crippen molar-refractivity contribution in [2.75, 3.05) is 6.26 Å². The van der Waals surface area contributed by atoms with Crippen molar-refractivity contribution in [3.05, 3.63) is 70.6 Å². The molecule has 3 aromatic rings. The first kappa shape index (κ1) is 22.7. The zero-order valence-corrected chi connectivity index (χ0v) is 18.7. The Morgan fingerprint density at radius 3 is 2.70 bits per heavy atom. The summed E-state index contributed by atoms with van der Waals surface area (Å²) in [6, 6.07) is 10.3. The van der Waals surface area contributed by atoms with E-state index in [4.69, 9.17) is 25.9 Å². The Morgan fingerprint density at radius 1 is 1.23 bits per heavy atom. The fourth-order valence-corrected chi connectivity index (χ4v) is 3.84. The Balaban J connectivity index is 0.000000806. The molecule has 30 heavy (non-hydrogen) atoms. The van der Waals surface area contributed by atoms with Crippen molar-refractivity contribution in [1.29, 1.82) is 0 Å². The smallest absolute Gasteiger partial charge is 0.197 e. The number of para-hydroxylation sites is 1. The van der Waals surface area contributed by atoms with Crippen LogP contribution < -0.4 is 9.88 Å². The van der Waals surface area contributed by atoms with Crippen molar-refractivity contribution in [2.24, 2.45) is 5.14 Å². The van der Waals surface area contributed by atoms with E-state index < -0.39 is 0 Å². The maximum atomic E-state index is 14.4. The highest BCUT2D eigenvalue weighted by molar-refractivity contribution is 7.96. The summed E-state index contributed by atoms with van der Waals surface area (Å²) in [5.74, 6) is 1.35. The Labute approximate surface area is 186 Å². The average Bonchev–Trinajstić information content (AvgIpc) is 3.41. The maximum absolute atomic E-state index is 14.4. The number of hydrogen-bond donors (Lipinski definition) is 1. The zero-order chi connectivity index (χ0) is 21.5. The molecule has 1 aliphatic rings. The molecule has 2 N–H and O–H groups in total. The van der Waals surface area contributed by atoms with Gasteiger partial charge in [0.15, 0.2) is 5.89 Å². The fourth-order valence-electron chi connectivity index (χ4n) is 3.61. The van der Waals surface area contributed by atoms with E-state index in [2.05, 4.69) is 4.98 Å². The van der Waals surface area contributed by atoms with Gasteiger partial charge in [0.05, 0.1) is 5.02 Å². The second-order valence-electron chi connectivity index (χ2n) is 7.28. The summed E-state index contributed by atoms with van der Waals surface area (Å²) in [6.07, 6.45) is 8.16. The van der Waals surface area contributed by atoms with Crippen molar-refractivity contribution in [2.45, 2.75) is 45.1 Å². The molecule has 0 radical (unpaired) electrons. The molecule has 0 unspecified atom stereocenters. The van der Waals surface area contributed by atoms with E-state index >= 15 is 0 Å². The van der Waals surface area contributed by atoms with Gasteiger partial charge in [-0.25, -0.2) is 9.37 Å². The zero-order valence-electron chi connectivity index (χ0n) is 17.2. The second-order valence-corrected chi connectivity index (χ2v) is 8.16. The van der Waals surface area contributed by atoms with Crippen LogP contribution in [0.1, 0.15) is 48.7 Å². The number of halogens is 2. The molecule has 2 aromatic carbocycles. The summed E-state index contributed by atoms with van der Waals surface area (Å²) in [7, 11) is 0. The van der Waals surface area contributed by atoms with E-state index in [-0.39, 0.29) is 12.4 Å². The number of nitrogens with zero attached hydrogens (tertiary/aromatic N) is 1. The largest absolute Gasteiger partial charge is 0.485 e. The Kier molecular flexibility index (Phi) is 8.19. The normalized spacial score (nSPS) is 13.8. The van der Waals surface area contributed by atoms with Crippen LogP contribution in [0.15, 0.2) is 47.1 Å². The van der Waals surface area contributed by atoms with Crippen LogP contribution in [0.3, 0.4) is 0 Å². The Morgan fingerprint density at radius 2 is 1.97 bits per heavy atom. The Hall–Kier alpha value is -2.02. The molecule has 0 saturated heterocycles. The molecule has 1 saturated carbocycles. The minimum absolute atomic E-state index is 0.223. The van der Waals surface area contributed by atoms with Gasteiger partial charge >= 0.3 is 0 Å². The SMILES string of the molecule is CSN.Cc1ccc(F)c(-c2cccc(Cl)c2OCc2coc(C3CCCC3)n2)c1. The third-order valence-corrected chi connectivity index (χ3v) is 5.31. The standard InChI is InChI=1S/C22H21ClFNO2.CH5NS/c1-14-9-10-20(24)18(11-14)17-7-4-8-19(23)21(17)26-12-16-13-27-22(25-16)15-5-2-3-6-15;1-3-2/h4,7-11,13,15H,2-3,5-6,12H2,1H3;2H2,1H3. The van der Waals surface area contributed by atoms with Gasteiger partial charge in [-0.15, -0.1) is 0 Å². The van der Waals surface area contributed by atoms with Crippen molar-refractivity contribution in [3.63, 3.8) is 0 Å². The highest BCUT2D eigenvalue weighted by Gasteiger charge is 2.22. The van der Waals surface area contributed by atoms with Crippen molar-refractivity contribution in [3.8, 4) is 16.9 Å². The van der Waals surface area contributed by atoms with Crippen molar-refractivity contribution >= 4 is 23.5 Å². The van der Waals surface area contributed by atoms with Gasteiger partial charge < -0.3 is 9.15 Å². The fraction of sp³-hybridized carbons (Fsp3) is 0.348. The van der Waals surface area contributed by atoms with E-state index in [1.807, 2.05) is 19.2 Å². The molecular weight excluding hydrogens is 423 g/mol. The van der Waals surface area contributed by atoms with Crippen LogP contribution >= 0.6 is 23.5 Å². The molecule has 0 aliphatic heterocycles. The van der Waals surface area contributed by atoms with Gasteiger partial charge in [0.1, 0.15) is 30.1 Å². The Bertz CT molecular complexity index is 974. The van der Waals surface area contributed by atoms with E-state index in [1.165, 1.54) is 30.9 Å². The first-order valence-corrected chi connectivity index (χ1v) is 11.5. The lowest BCUT2D eigenvalue weighted by Gasteiger charge is -2.13. The lowest BCUT2D eigenvalue weighted by atomic mass is 10.0. The van der Waals surface area contributed by atoms with Gasteiger partial charge in [-0.2, -0.15) is 0 Å². The summed E-state index contributed by atoms with van der Waals surface area (Å²) >= 11 is 7.61. The van der Waals surface area contributed by atoms with Gasteiger partial charge in [-0.3, -0.25) is 5.14 Å². The summed E-state index contributed by atoms with van der Waals surface area (Å²) in [5, 5.41) is 5.20. The van der Waals surface area contributed by atoms with Crippen LogP contribution in [-0.4, -0.2) is 11.2 Å². The summed E-state index contributed by atoms with van der Waals surface area (Å²) in [5.41, 5.74) is 2.78. The van der Waals surface area contributed by atoms with Crippen LogP contribution in [0.5, 0.6) is 5.75 Å². The predicted molar refractivity (Wildman–Crippen MR) is 121 cm³/mol. The van der Waals surface area contributed by atoms with E-state index in [1.54, 1.807) is 30.5 Å².